The van der Waals surface area contributed by atoms with Gasteiger partial charge >= 0.3 is 0 Å². The maximum atomic E-state index is 9.42. The molecule has 2 heterocycles. The molecule has 3 nitrogen and oxygen atoms in total. The van der Waals surface area contributed by atoms with E-state index >= 15 is 0 Å². The summed E-state index contributed by atoms with van der Waals surface area (Å²) in [6.07, 6.45) is 9.48. The van der Waals surface area contributed by atoms with Gasteiger partial charge in [-0.1, -0.05) is 35.9 Å². The summed E-state index contributed by atoms with van der Waals surface area (Å²) in [6.45, 7) is 4.64. The van der Waals surface area contributed by atoms with Gasteiger partial charge in [-0.15, -0.1) is 0 Å². The number of hydrogen-bond acceptors (Lipinski definition) is 3. The monoisotopic (exact) mass is 330 g/mol. The molecule has 0 spiro atoms. The van der Waals surface area contributed by atoms with Crippen molar-refractivity contribution in [1.29, 1.82) is 0 Å². The molecular weight excluding hydrogens is 308 g/mol. The molecule has 1 saturated carbocycles. The molecule has 4 atom stereocenters. The highest BCUT2D eigenvalue weighted by atomic mass is 79.9. The maximum Gasteiger partial charge on any atom is 0.145 e. The van der Waals surface area contributed by atoms with Gasteiger partial charge in [0.15, 0.2) is 0 Å². The lowest BCUT2D eigenvalue weighted by atomic mass is 9.63. The van der Waals surface area contributed by atoms with E-state index in [1.165, 1.54) is 12.8 Å². The zero-order valence-electron chi connectivity index (χ0n) is 11.7. The summed E-state index contributed by atoms with van der Waals surface area (Å²) in [7, 11) is 0. The molecule has 4 aliphatic rings. The van der Waals surface area contributed by atoms with E-state index in [1.54, 1.807) is 0 Å². The zero-order valence-corrected chi connectivity index (χ0v) is 13.3. The molecule has 2 aliphatic carbocycles. The Morgan fingerprint density at radius 3 is 2.47 bits per heavy atom. The van der Waals surface area contributed by atoms with Crippen LogP contribution in [-0.4, -0.2) is 27.7 Å². The van der Waals surface area contributed by atoms with Crippen molar-refractivity contribution in [3.05, 3.63) is 12.2 Å². The first-order chi connectivity index (χ1) is 8.91. The molecule has 1 N–H and O–H groups in total. The number of aliphatic hydroxyl groups is 1. The number of halogens is 1. The van der Waals surface area contributed by atoms with Crippen molar-refractivity contribution in [2.45, 2.75) is 62.0 Å². The standard InChI is InChI=1S/C15H23BrO3/c1-13(2)9-11(3-4-12(13)16)15-7-5-14(10-17,6-8-15)18-19-15/h5,7,11-12,17H,3-4,6,8-10H2,1-2H3/t11-,12-,14+,15-/m0/s1. The van der Waals surface area contributed by atoms with Gasteiger partial charge in [-0.2, -0.15) is 0 Å². The van der Waals surface area contributed by atoms with Gasteiger partial charge in [-0.05, 0) is 49.5 Å². The van der Waals surface area contributed by atoms with Gasteiger partial charge in [0.05, 0.1) is 6.61 Å². The van der Waals surface area contributed by atoms with Crippen LogP contribution < -0.4 is 0 Å². The van der Waals surface area contributed by atoms with Crippen molar-refractivity contribution in [1.82, 2.24) is 0 Å². The number of rotatable bonds is 2. The largest absolute Gasteiger partial charge is 0.393 e. The molecule has 0 aromatic rings. The smallest absolute Gasteiger partial charge is 0.145 e. The molecule has 4 heteroatoms. The maximum absolute atomic E-state index is 9.42. The third-order valence-corrected chi connectivity index (χ3v) is 7.02. The first-order valence-electron chi connectivity index (χ1n) is 7.24. The number of alkyl halides is 1. The van der Waals surface area contributed by atoms with Crippen LogP contribution in [-0.2, 0) is 9.78 Å². The highest BCUT2D eigenvalue weighted by Gasteiger charge is 2.53. The minimum atomic E-state index is -0.579. The van der Waals surface area contributed by atoms with Crippen molar-refractivity contribution in [3.63, 3.8) is 0 Å². The lowest BCUT2D eigenvalue weighted by Gasteiger charge is -2.53. The highest BCUT2D eigenvalue weighted by molar-refractivity contribution is 9.09. The van der Waals surface area contributed by atoms with Gasteiger partial charge < -0.3 is 5.11 Å². The Bertz CT molecular complexity index is 383. The Hall–Kier alpha value is 0.100. The molecule has 1 saturated heterocycles. The lowest BCUT2D eigenvalue weighted by molar-refractivity contribution is -0.441. The van der Waals surface area contributed by atoms with E-state index in [0.29, 0.717) is 10.7 Å². The Kier molecular flexibility index (Phi) is 3.37. The van der Waals surface area contributed by atoms with Crippen molar-refractivity contribution >= 4 is 15.9 Å². The molecule has 0 unspecified atom stereocenters. The summed E-state index contributed by atoms with van der Waals surface area (Å²) in [5.74, 6) is 0.504. The Balaban J connectivity index is 1.81. The fourth-order valence-electron chi connectivity index (χ4n) is 3.75. The summed E-state index contributed by atoms with van der Waals surface area (Å²) in [4.78, 5) is 11.9. The Morgan fingerprint density at radius 2 is 2.00 bits per heavy atom. The molecular formula is C15H23BrO3. The van der Waals surface area contributed by atoms with E-state index in [9.17, 15) is 5.11 Å². The van der Waals surface area contributed by atoms with Crippen molar-refractivity contribution in [2.75, 3.05) is 6.61 Å². The zero-order chi connectivity index (χ0) is 13.7. The Morgan fingerprint density at radius 1 is 1.21 bits per heavy atom. The minimum Gasteiger partial charge on any atom is -0.393 e. The first kappa shape index (κ1) is 14.1. The van der Waals surface area contributed by atoms with E-state index in [1.807, 2.05) is 6.08 Å². The molecule has 0 amide bonds. The van der Waals surface area contributed by atoms with Crippen LogP contribution in [0.1, 0.15) is 46.0 Å². The van der Waals surface area contributed by atoms with Crippen LogP contribution in [0.3, 0.4) is 0 Å². The van der Waals surface area contributed by atoms with Crippen LogP contribution >= 0.6 is 15.9 Å². The molecule has 0 radical (unpaired) electrons. The predicted molar refractivity (Wildman–Crippen MR) is 76.9 cm³/mol. The van der Waals surface area contributed by atoms with E-state index in [2.05, 4.69) is 35.9 Å². The van der Waals surface area contributed by atoms with Crippen molar-refractivity contribution < 1.29 is 14.9 Å². The quantitative estimate of drug-likeness (QED) is 0.479. The van der Waals surface area contributed by atoms with E-state index < -0.39 is 5.60 Å². The van der Waals surface area contributed by atoms with E-state index in [-0.39, 0.29) is 17.6 Å². The Labute approximate surface area is 123 Å². The number of hydrogen-bond donors (Lipinski definition) is 1. The van der Waals surface area contributed by atoms with Gasteiger partial charge in [-0.3, -0.25) is 0 Å². The summed E-state index contributed by atoms with van der Waals surface area (Å²) in [5, 5.41) is 9.42. The predicted octanol–water partition coefficient (Wildman–Crippen LogP) is 3.36. The summed E-state index contributed by atoms with van der Waals surface area (Å²) >= 11 is 3.81. The summed E-state index contributed by atoms with van der Waals surface area (Å²) in [5.41, 5.74) is -0.553. The van der Waals surface area contributed by atoms with Crippen LogP contribution in [0.5, 0.6) is 0 Å². The fourth-order valence-corrected chi connectivity index (χ4v) is 4.20. The van der Waals surface area contributed by atoms with Crippen LogP contribution in [0.15, 0.2) is 12.2 Å². The van der Waals surface area contributed by atoms with E-state index in [4.69, 9.17) is 9.78 Å². The third-order valence-electron chi connectivity index (χ3n) is 5.32. The average molecular weight is 331 g/mol. The van der Waals surface area contributed by atoms with Crippen LogP contribution in [0.25, 0.3) is 0 Å². The second-order valence-electron chi connectivity index (χ2n) is 7.11. The lowest BCUT2D eigenvalue weighted by Crippen LogP contribution is -2.56. The molecule has 19 heavy (non-hydrogen) atoms. The molecule has 2 bridgehead atoms. The van der Waals surface area contributed by atoms with Gasteiger partial charge in [-0.25, -0.2) is 9.78 Å². The first-order valence-corrected chi connectivity index (χ1v) is 8.15. The van der Waals surface area contributed by atoms with Gasteiger partial charge in [0, 0.05) is 4.83 Å². The van der Waals surface area contributed by atoms with Crippen molar-refractivity contribution in [2.24, 2.45) is 11.3 Å². The topological polar surface area (TPSA) is 38.7 Å². The summed E-state index contributed by atoms with van der Waals surface area (Å²) < 4.78 is 0. The highest BCUT2D eigenvalue weighted by Crippen LogP contribution is 2.53. The molecule has 2 aliphatic heterocycles. The third kappa shape index (κ3) is 2.21. The average Bonchev–Trinajstić information content (AvgIpc) is 2.44. The molecule has 4 rings (SSSR count). The van der Waals surface area contributed by atoms with E-state index in [0.717, 1.165) is 19.3 Å². The van der Waals surface area contributed by atoms with Crippen LogP contribution in [0, 0.1) is 11.3 Å². The van der Waals surface area contributed by atoms with Gasteiger partial charge in [0.25, 0.3) is 0 Å². The normalized spacial score (nSPS) is 48.4. The second-order valence-corrected chi connectivity index (χ2v) is 8.22. The van der Waals surface area contributed by atoms with Crippen molar-refractivity contribution in [3.8, 4) is 0 Å². The molecule has 2 fully saturated rings. The molecule has 0 aromatic heterocycles. The fraction of sp³-hybridized carbons (Fsp3) is 0.867. The minimum absolute atomic E-state index is 0.000780. The molecule has 108 valence electrons. The SMILES string of the molecule is CC1(C)C[C@@H]([C@]23C=C[C@](CO)(CC2)OO3)CC[C@@H]1Br. The van der Waals surface area contributed by atoms with Gasteiger partial charge in [0.2, 0.25) is 0 Å². The second kappa shape index (κ2) is 4.55. The van der Waals surface area contributed by atoms with Gasteiger partial charge in [0.1, 0.15) is 11.2 Å². The summed E-state index contributed by atoms with van der Waals surface area (Å²) in [6, 6.07) is 0. The number of fused-ring (bicyclic) bond motifs is 2. The van der Waals surface area contributed by atoms with Crippen LogP contribution in [0.2, 0.25) is 0 Å². The van der Waals surface area contributed by atoms with Crippen LogP contribution in [0.4, 0.5) is 0 Å². The molecule has 0 aromatic carbocycles. The number of aliphatic hydroxyl groups excluding tert-OH is 1.